The van der Waals surface area contributed by atoms with E-state index in [9.17, 15) is 4.79 Å². The van der Waals surface area contributed by atoms with Gasteiger partial charge in [-0.25, -0.2) is 0 Å². The summed E-state index contributed by atoms with van der Waals surface area (Å²) in [5.41, 5.74) is 0. The lowest BCUT2D eigenvalue weighted by atomic mass is 9.95. The van der Waals surface area contributed by atoms with Crippen LogP contribution in [0.25, 0.3) is 0 Å². The van der Waals surface area contributed by atoms with Crippen molar-refractivity contribution in [3.8, 4) is 0 Å². The SMILES string of the molecule is CSC1CCC(NCc2ccc(CC(=O)O)s2)CC1. The Labute approximate surface area is 122 Å². The highest BCUT2D eigenvalue weighted by Crippen LogP contribution is 2.27. The fourth-order valence-corrected chi connectivity index (χ4v) is 4.21. The van der Waals surface area contributed by atoms with Crippen LogP contribution in [-0.2, 0) is 17.8 Å². The lowest BCUT2D eigenvalue weighted by Gasteiger charge is -2.28. The van der Waals surface area contributed by atoms with E-state index in [2.05, 4.69) is 11.6 Å². The number of thiophene rings is 1. The Kier molecular flexibility index (Phi) is 5.73. The van der Waals surface area contributed by atoms with Gasteiger partial charge in [0.2, 0.25) is 0 Å². The number of nitrogens with one attached hydrogen (secondary N) is 1. The number of rotatable bonds is 6. The monoisotopic (exact) mass is 299 g/mol. The van der Waals surface area contributed by atoms with Crippen molar-refractivity contribution < 1.29 is 9.90 Å². The maximum absolute atomic E-state index is 10.6. The summed E-state index contributed by atoms with van der Waals surface area (Å²) in [7, 11) is 0. The second-order valence-electron chi connectivity index (χ2n) is 5.03. The largest absolute Gasteiger partial charge is 0.481 e. The zero-order valence-electron chi connectivity index (χ0n) is 11.2. The van der Waals surface area contributed by atoms with Crippen LogP contribution in [0.5, 0.6) is 0 Å². The summed E-state index contributed by atoms with van der Waals surface area (Å²) < 4.78 is 0. The molecule has 19 heavy (non-hydrogen) atoms. The van der Waals surface area contributed by atoms with Gasteiger partial charge in [0.1, 0.15) is 0 Å². The van der Waals surface area contributed by atoms with Crippen molar-refractivity contribution in [2.45, 2.75) is 49.9 Å². The van der Waals surface area contributed by atoms with Gasteiger partial charge in [-0.1, -0.05) is 0 Å². The zero-order chi connectivity index (χ0) is 13.7. The summed E-state index contributed by atoms with van der Waals surface area (Å²) in [6.07, 6.45) is 7.50. The maximum atomic E-state index is 10.6. The lowest BCUT2D eigenvalue weighted by Crippen LogP contribution is -2.33. The van der Waals surface area contributed by atoms with Gasteiger partial charge < -0.3 is 10.4 Å². The van der Waals surface area contributed by atoms with E-state index in [0.29, 0.717) is 6.04 Å². The average molecular weight is 299 g/mol. The molecule has 0 aromatic carbocycles. The molecule has 0 bridgehead atoms. The predicted octanol–water partition coefficient (Wildman–Crippen LogP) is 3.14. The van der Waals surface area contributed by atoms with Gasteiger partial charge in [-0.2, -0.15) is 11.8 Å². The van der Waals surface area contributed by atoms with Gasteiger partial charge in [0, 0.05) is 27.6 Å². The Balaban J connectivity index is 1.73. The summed E-state index contributed by atoms with van der Waals surface area (Å²) in [6, 6.07) is 4.61. The van der Waals surface area contributed by atoms with Crippen molar-refractivity contribution in [2.75, 3.05) is 6.26 Å². The van der Waals surface area contributed by atoms with Crippen LogP contribution < -0.4 is 5.32 Å². The smallest absolute Gasteiger partial charge is 0.308 e. The van der Waals surface area contributed by atoms with Crippen molar-refractivity contribution in [1.82, 2.24) is 5.32 Å². The average Bonchev–Trinajstić information content (AvgIpc) is 2.84. The van der Waals surface area contributed by atoms with Gasteiger partial charge in [-0.05, 0) is 44.1 Å². The van der Waals surface area contributed by atoms with Crippen LogP contribution in [0.2, 0.25) is 0 Å². The quantitative estimate of drug-likeness (QED) is 0.847. The molecular formula is C14H21NO2S2. The minimum Gasteiger partial charge on any atom is -0.481 e. The van der Waals surface area contributed by atoms with Gasteiger partial charge in [-0.3, -0.25) is 4.79 Å². The third-order valence-corrected chi connectivity index (χ3v) is 5.84. The Morgan fingerprint density at radius 1 is 1.37 bits per heavy atom. The first-order valence-electron chi connectivity index (χ1n) is 6.73. The van der Waals surface area contributed by atoms with Crippen molar-refractivity contribution in [3.05, 3.63) is 21.9 Å². The fraction of sp³-hybridized carbons (Fsp3) is 0.643. The molecule has 1 saturated carbocycles. The maximum Gasteiger partial charge on any atom is 0.308 e. The molecule has 3 nitrogen and oxygen atoms in total. The summed E-state index contributed by atoms with van der Waals surface area (Å²) in [5, 5.41) is 13.2. The van der Waals surface area contributed by atoms with Crippen molar-refractivity contribution in [1.29, 1.82) is 0 Å². The number of carboxylic acid groups (broad SMARTS) is 1. The molecule has 0 saturated heterocycles. The summed E-state index contributed by atoms with van der Waals surface area (Å²) in [4.78, 5) is 12.8. The second kappa shape index (κ2) is 7.31. The minimum atomic E-state index is -0.753. The molecular weight excluding hydrogens is 278 g/mol. The van der Waals surface area contributed by atoms with Crippen LogP contribution in [0.1, 0.15) is 35.4 Å². The summed E-state index contributed by atoms with van der Waals surface area (Å²) >= 11 is 3.60. The molecule has 0 unspecified atom stereocenters. The number of aliphatic carboxylic acids is 1. The molecule has 1 aliphatic carbocycles. The third kappa shape index (κ3) is 4.82. The van der Waals surface area contributed by atoms with Gasteiger partial charge >= 0.3 is 5.97 Å². The molecule has 2 N–H and O–H groups in total. The van der Waals surface area contributed by atoms with Crippen LogP contribution >= 0.6 is 23.1 Å². The fourth-order valence-electron chi connectivity index (χ4n) is 2.51. The number of carboxylic acids is 1. The lowest BCUT2D eigenvalue weighted by molar-refractivity contribution is -0.136. The zero-order valence-corrected chi connectivity index (χ0v) is 12.9. The van der Waals surface area contributed by atoms with E-state index in [0.717, 1.165) is 16.7 Å². The first-order chi connectivity index (χ1) is 9.17. The summed E-state index contributed by atoms with van der Waals surface area (Å²) in [5.74, 6) is -0.753. The number of carbonyl (C=O) groups is 1. The highest BCUT2D eigenvalue weighted by Gasteiger charge is 2.19. The molecule has 1 aliphatic rings. The highest BCUT2D eigenvalue weighted by atomic mass is 32.2. The van der Waals surface area contributed by atoms with E-state index < -0.39 is 5.97 Å². The van der Waals surface area contributed by atoms with Crippen LogP contribution in [0.15, 0.2) is 12.1 Å². The van der Waals surface area contributed by atoms with Gasteiger partial charge in [-0.15, -0.1) is 11.3 Å². The molecule has 0 aliphatic heterocycles. The molecule has 106 valence electrons. The van der Waals surface area contributed by atoms with Gasteiger partial charge in [0.15, 0.2) is 0 Å². The number of hydrogen-bond acceptors (Lipinski definition) is 4. The molecule has 0 spiro atoms. The Morgan fingerprint density at radius 2 is 2.05 bits per heavy atom. The first kappa shape index (κ1) is 14.9. The third-order valence-electron chi connectivity index (χ3n) is 3.62. The molecule has 0 amide bonds. The van der Waals surface area contributed by atoms with Crippen LogP contribution in [0, 0.1) is 0 Å². The van der Waals surface area contributed by atoms with Crippen LogP contribution in [0.3, 0.4) is 0 Å². The van der Waals surface area contributed by atoms with E-state index in [1.807, 2.05) is 23.9 Å². The second-order valence-corrected chi connectivity index (χ2v) is 7.42. The first-order valence-corrected chi connectivity index (χ1v) is 8.83. The molecule has 1 aromatic heterocycles. The molecule has 0 radical (unpaired) electrons. The molecule has 1 aromatic rings. The minimum absolute atomic E-state index is 0.142. The van der Waals surface area contributed by atoms with Crippen molar-refractivity contribution in [2.24, 2.45) is 0 Å². The normalized spacial score (nSPS) is 23.4. The molecule has 0 atom stereocenters. The van der Waals surface area contributed by atoms with Crippen molar-refractivity contribution >= 4 is 29.1 Å². The van der Waals surface area contributed by atoms with E-state index in [4.69, 9.17) is 5.11 Å². The highest BCUT2D eigenvalue weighted by molar-refractivity contribution is 7.99. The van der Waals surface area contributed by atoms with Crippen LogP contribution in [-0.4, -0.2) is 28.6 Å². The van der Waals surface area contributed by atoms with Gasteiger partial charge in [0.25, 0.3) is 0 Å². The van der Waals surface area contributed by atoms with E-state index in [-0.39, 0.29) is 6.42 Å². The molecule has 5 heteroatoms. The Morgan fingerprint density at radius 3 is 2.68 bits per heavy atom. The molecule has 1 heterocycles. The predicted molar refractivity (Wildman–Crippen MR) is 82.1 cm³/mol. The van der Waals surface area contributed by atoms with E-state index in [1.165, 1.54) is 30.6 Å². The molecule has 2 rings (SSSR count). The van der Waals surface area contributed by atoms with E-state index in [1.54, 1.807) is 11.3 Å². The number of hydrogen-bond donors (Lipinski definition) is 2. The topological polar surface area (TPSA) is 49.3 Å². The van der Waals surface area contributed by atoms with Crippen LogP contribution in [0.4, 0.5) is 0 Å². The molecule has 1 fully saturated rings. The Bertz CT molecular complexity index is 411. The summed E-state index contributed by atoms with van der Waals surface area (Å²) in [6.45, 7) is 0.874. The number of thioether (sulfide) groups is 1. The Hall–Kier alpha value is -0.520. The van der Waals surface area contributed by atoms with E-state index >= 15 is 0 Å². The standard InChI is InChI=1S/C14H21NO2S2/c1-18-11-4-2-10(3-5-11)15-9-13-7-6-12(19-13)8-14(16)17/h6-7,10-11,15H,2-5,8-9H2,1H3,(H,16,17). The van der Waals surface area contributed by atoms with Gasteiger partial charge in [0.05, 0.1) is 6.42 Å². The van der Waals surface area contributed by atoms with Crippen molar-refractivity contribution in [3.63, 3.8) is 0 Å².